The van der Waals surface area contributed by atoms with E-state index in [1.165, 1.54) is 24.5 Å². The van der Waals surface area contributed by atoms with Gasteiger partial charge in [-0.3, -0.25) is 4.90 Å². The van der Waals surface area contributed by atoms with Crippen LogP contribution in [0.1, 0.15) is 28.0 Å². The average molecular weight is 380 g/mol. The number of anilines is 1. The monoisotopic (exact) mass is 380 g/mol. The highest BCUT2D eigenvalue weighted by molar-refractivity contribution is 5.84. The molecule has 2 aromatic rings. The van der Waals surface area contributed by atoms with E-state index in [2.05, 4.69) is 14.9 Å². The van der Waals surface area contributed by atoms with Crippen molar-refractivity contribution >= 4 is 11.8 Å². The number of aromatic nitrogens is 2. The van der Waals surface area contributed by atoms with Crippen molar-refractivity contribution in [2.45, 2.75) is 19.1 Å². The fraction of sp³-hybridized carbons (Fsp3) is 0.389. The van der Waals surface area contributed by atoms with Crippen molar-refractivity contribution < 1.29 is 23.1 Å². The maximum absolute atomic E-state index is 12.6. The topological polar surface area (TPSA) is 69.6 Å². The first-order valence-electron chi connectivity index (χ1n) is 8.52. The van der Waals surface area contributed by atoms with Gasteiger partial charge in [-0.2, -0.15) is 13.2 Å². The van der Waals surface area contributed by atoms with E-state index < -0.39 is 17.7 Å². The van der Waals surface area contributed by atoms with E-state index in [1.807, 2.05) is 4.90 Å². The number of aromatic carboxylic acids is 1. The Morgan fingerprint density at radius 1 is 1.04 bits per heavy atom. The molecule has 1 saturated heterocycles. The summed E-state index contributed by atoms with van der Waals surface area (Å²) in [6.07, 6.45) is -0.765. The van der Waals surface area contributed by atoms with Gasteiger partial charge in [-0.25, -0.2) is 14.8 Å². The molecule has 0 radical (unpaired) electrons. The lowest BCUT2D eigenvalue weighted by Gasteiger charge is -2.22. The van der Waals surface area contributed by atoms with Crippen LogP contribution in [0.15, 0.2) is 36.7 Å². The zero-order valence-corrected chi connectivity index (χ0v) is 14.5. The van der Waals surface area contributed by atoms with Gasteiger partial charge in [-0.1, -0.05) is 12.1 Å². The Labute approximate surface area is 154 Å². The molecule has 0 amide bonds. The normalized spacial score (nSPS) is 16.2. The molecule has 1 aromatic heterocycles. The van der Waals surface area contributed by atoms with Crippen LogP contribution in [-0.2, 0) is 12.7 Å². The fourth-order valence-corrected chi connectivity index (χ4v) is 3.01. The second-order valence-corrected chi connectivity index (χ2v) is 6.38. The van der Waals surface area contributed by atoms with Gasteiger partial charge in [-0.05, 0) is 24.1 Å². The highest BCUT2D eigenvalue weighted by Crippen LogP contribution is 2.29. The quantitative estimate of drug-likeness (QED) is 0.880. The standard InChI is InChI=1S/C18H19F3N4O2/c19-18(20,21)14-4-2-13(3-5-14)12-24-6-1-7-25(9-8-24)16-11-22-15(10-23-16)17(26)27/h2-5,10-11H,1,6-9,12H2,(H,26,27). The highest BCUT2D eigenvalue weighted by atomic mass is 19.4. The molecule has 1 aliphatic heterocycles. The van der Waals surface area contributed by atoms with E-state index >= 15 is 0 Å². The minimum atomic E-state index is -4.32. The minimum absolute atomic E-state index is 0.0995. The second-order valence-electron chi connectivity index (χ2n) is 6.38. The number of carboxylic acids is 1. The predicted octanol–water partition coefficient (Wildman–Crippen LogP) is 2.91. The molecule has 0 saturated carbocycles. The number of hydrogen-bond donors (Lipinski definition) is 1. The Kier molecular flexibility index (Phi) is 5.59. The summed E-state index contributed by atoms with van der Waals surface area (Å²) < 4.78 is 37.9. The third-order valence-electron chi connectivity index (χ3n) is 4.46. The van der Waals surface area contributed by atoms with Gasteiger partial charge < -0.3 is 10.0 Å². The van der Waals surface area contributed by atoms with Crippen molar-refractivity contribution in [1.29, 1.82) is 0 Å². The molecule has 0 atom stereocenters. The van der Waals surface area contributed by atoms with Gasteiger partial charge in [0.15, 0.2) is 5.69 Å². The molecule has 1 aliphatic rings. The number of hydrogen-bond acceptors (Lipinski definition) is 5. The lowest BCUT2D eigenvalue weighted by atomic mass is 10.1. The van der Waals surface area contributed by atoms with E-state index in [-0.39, 0.29) is 5.69 Å². The molecule has 9 heteroatoms. The Bertz CT molecular complexity index is 779. The maximum Gasteiger partial charge on any atom is 0.416 e. The molecule has 6 nitrogen and oxygen atoms in total. The lowest BCUT2D eigenvalue weighted by Crippen LogP contribution is -2.31. The van der Waals surface area contributed by atoms with Crippen LogP contribution in [-0.4, -0.2) is 52.1 Å². The van der Waals surface area contributed by atoms with Gasteiger partial charge in [0.2, 0.25) is 0 Å². The molecule has 144 valence electrons. The number of rotatable bonds is 4. The molecule has 1 aromatic carbocycles. The highest BCUT2D eigenvalue weighted by Gasteiger charge is 2.30. The summed E-state index contributed by atoms with van der Waals surface area (Å²) in [5.41, 5.74) is 0.0937. The van der Waals surface area contributed by atoms with E-state index in [1.54, 1.807) is 0 Å². The van der Waals surface area contributed by atoms with Crippen LogP contribution in [0.3, 0.4) is 0 Å². The third-order valence-corrected chi connectivity index (χ3v) is 4.46. The van der Waals surface area contributed by atoms with Gasteiger partial charge in [0.05, 0.1) is 18.0 Å². The molecule has 0 spiro atoms. The molecule has 0 unspecified atom stereocenters. The van der Waals surface area contributed by atoms with Gasteiger partial charge in [0.1, 0.15) is 5.82 Å². The van der Waals surface area contributed by atoms with Gasteiger partial charge >= 0.3 is 12.1 Å². The molecule has 2 heterocycles. The van der Waals surface area contributed by atoms with Crippen LogP contribution in [0.25, 0.3) is 0 Å². The van der Waals surface area contributed by atoms with Crippen molar-refractivity contribution in [3.63, 3.8) is 0 Å². The fourth-order valence-electron chi connectivity index (χ4n) is 3.01. The third kappa shape index (κ3) is 4.94. The van der Waals surface area contributed by atoms with Crippen LogP contribution in [0.2, 0.25) is 0 Å². The molecule has 3 rings (SSSR count). The second kappa shape index (κ2) is 7.91. The van der Waals surface area contributed by atoms with Crippen LogP contribution >= 0.6 is 0 Å². The Balaban J connectivity index is 1.59. The van der Waals surface area contributed by atoms with Crippen molar-refractivity contribution in [3.8, 4) is 0 Å². The SMILES string of the molecule is O=C(O)c1cnc(N2CCCN(Cc3ccc(C(F)(F)F)cc3)CC2)cn1. The number of benzene rings is 1. The van der Waals surface area contributed by atoms with Crippen LogP contribution < -0.4 is 4.90 Å². The van der Waals surface area contributed by atoms with Crippen LogP contribution in [0.5, 0.6) is 0 Å². The number of carboxylic acid groups (broad SMARTS) is 1. The van der Waals surface area contributed by atoms with Gasteiger partial charge in [-0.15, -0.1) is 0 Å². The van der Waals surface area contributed by atoms with E-state index in [0.717, 1.165) is 43.8 Å². The summed E-state index contributed by atoms with van der Waals surface area (Å²) in [6.45, 7) is 3.56. The first-order chi connectivity index (χ1) is 12.8. The molecule has 27 heavy (non-hydrogen) atoms. The molecule has 1 fully saturated rings. The molecular formula is C18H19F3N4O2. The van der Waals surface area contributed by atoms with Crippen molar-refractivity contribution in [2.24, 2.45) is 0 Å². The molecule has 0 bridgehead atoms. The molecular weight excluding hydrogens is 361 g/mol. The summed E-state index contributed by atoms with van der Waals surface area (Å²) in [4.78, 5) is 23.1. The molecule has 0 aliphatic carbocycles. The average Bonchev–Trinajstić information content (AvgIpc) is 2.87. The Morgan fingerprint density at radius 3 is 2.37 bits per heavy atom. The van der Waals surface area contributed by atoms with Gasteiger partial charge in [0, 0.05) is 32.7 Å². The van der Waals surface area contributed by atoms with Gasteiger partial charge in [0.25, 0.3) is 0 Å². The van der Waals surface area contributed by atoms with Crippen molar-refractivity contribution in [3.05, 3.63) is 53.5 Å². The number of alkyl halides is 3. The van der Waals surface area contributed by atoms with Crippen LogP contribution in [0.4, 0.5) is 19.0 Å². The van der Waals surface area contributed by atoms with Crippen molar-refractivity contribution in [1.82, 2.24) is 14.9 Å². The number of halogens is 3. The van der Waals surface area contributed by atoms with Crippen LogP contribution in [0, 0.1) is 0 Å². The maximum atomic E-state index is 12.6. The summed E-state index contributed by atoms with van der Waals surface area (Å²) in [7, 11) is 0. The zero-order chi connectivity index (χ0) is 19.4. The summed E-state index contributed by atoms with van der Waals surface area (Å²) in [5, 5.41) is 8.88. The number of nitrogens with zero attached hydrogens (tertiary/aromatic N) is 4. The predicted molar refractivity (Wildman–Crippen MR) is 92.5 cm³/mol. The van der Waals surface area contributed by atoms with E-state index in [0.29, 0.717) is 18.9 Å². The zero-order valence-electron chi connectivity index (χ0n) is 14.5. The molecule has 1 N–H and O–H groups in total. The first kappa shape index (κ1) is 19.1. The minimum Gasteiger partial charge on any atom is -0.476 e. The van der Waals surface area contributed by atoms with E-state index in [9.17, 15) is 18.0 Å². The summed E-state index contributed by atoms with van der Waals surface area (Å²) in [6, 6.07) is 5.25. The largest absolute Gasteiger partial charge is 0.476 e. The first-order valence-corrected chi connectivity index (χ1v) is 8.52. The lowest BCUT2D eigenvalue weighted by molar-refractivity contribution is -0.137. The van der Waals surface area contributed by atoms with E-state index in [4.69, 9.17) is 5.11 Å². The Hall–Kier alpha value is -2.68. The summed E-state index contributed by atoms with van der Waals surface area (Å²) in [5.74, 6) is -0.496. The summed E-state index contributed by atoms with van der Waals surface area (Å²) >= 11 is 0. The Morgan fingerprint density at radius 2 is 1.78 bits per heavy atom. The smallest absolute Gasteiger partial charge is 0.416 e. The van der Waals surface area contributed by atoms with Crippen molar-refractivity contribution in [2.75, 3.05) is 31.1 Å². The number of carbonyl (C=O) groups is 1.